The molecule has 152 valence electrons. The van der Waals surface area contributed by atoms with E-state index in [0.717, 1.165) is 24.0 Å². The Labute approximate surface area is 170 Å². The highest BCUT2D eigenvalue weighted by Crippen LogP contribution is 2.37. The van der Waals surface area contributed by atoms with Gasteiger partial charge in [-0.25, -0.2) is 19.4 Å². The van der Waals surface area contributed by atoms with Gasteiger partial charge in [-0.2, -0.15) is 0 Å². The number of esters is 3. The average Bonchev–Trinajstić information content (AvgIpc) is 3.10. The van der Waals surface area contributed by atoms with Crippen molar-refractivity contribution < 1.29 is 28.6 Å². The number of rotatable bonds is 4. The lowest BCUT2D eigenvalue weighted by Gasteiger charge is -2.38. The summed E-state index contributed by atoms with van der Waals surface area (Å²) in [6, 6.07) is 5.05. The van der Waals surface area contributed by atoms with Gasteiger partial charge >= 0.3 is 17.9 Å². The molecule has 1 aromatic carbocycles. The summed E-state index contributed by atoms with van der Waals surface area (Å²) >= 11 is 1.28. The van der Waals surface area contributed by atoms with Crippen LogP contribution in [0.3, 0.4) is 0 Å². The number of hydrogen-bond acceptors (Lipinski definition) is 9. The van der Waals surface area contributed by atoms with E-state index in [-0.39, 0.29) is 5.57 Å². The largest absolute Gasteiger partial charge is 0.462 e. The van der Waals surface area contributed by atoms with Crippen LogP contribution in [0, 0.1) is 0 Å². The van der Waals surface area contributed by atoms with Crippen molar-refractivity contribution in [3.63, 3.8) is 0 Å². The third-order valence-electron chi connectivity index (χ3n) is 4.85. The SMILES string of the molecule is CCOC(=O)c1ccc2nc(NC=C3C(=O)OC4(CCCCC4)OC3=O)sc2c1. The summed E-state index contributed by atoms with van der Waals surface area (Å²) in [5.41, 5.74) is 0.914. The first-order valence-electron chi connectivity index (χ1n) is 9.51. The maximum atomic E-state index is 12.4. The molecule has 1 saturated heterocycles. The average molecular weight is 416 g/mol. The molecular formula is C20H20N2O6S. The summed E-state index contributed by atoms with van der Waals surface area (Å²) in [5.74, 6) is -2.89. The molecule has 2 heterocycles. The Morgan fingerprint density at radius 2 is 1.97 bits per heavy atom. The number of nitrogens with one attached hydrogen (secondary N) is 1. The van der Waals surface area contributed by atoms with E-state index in [9.17, 15) is 14.4 Å². The van der Waals surface area contributed by atoms with E-state index >= 15 is 0 Å². The van der Waals surface area contributed by atoms with Gasteiger partial charge in [0, 0.05) is 19.0 Å². The molecule has 0 bridgehead atoms. The van der Waals surface area contributed by atoms with Crippen molar-refractivity contribution in [2.24, 2.45) is 0 Å². The molecule has 1 aliphatic carbocycles. The van der Waals surface area contributed by atoms with E-state index in [1.54, 1.807) is 25.1 Å². The number of thiazole rings is 1. The monoisotopic (exact) mass is 416 g/mol. The van der Waals surface area contributed by atoms with E-state index in [1.165, 1.54) is 17.5 Å². The van der Waals surface area contributed by atoms with Crippen LogP contribution in [-0.2, 0) is 23.8 Å². The Kier molecular flexibility index (Phi) is 5.23. The molecule has 0 atom stereocenters. The molecule has 1 spiro atoms. The van der Waals surface area contributed by atoms with Crippen molar-refractivity contribution in [2.75, 3.05) is 11.9 Å². The first-order chi connectivity index (χ1) is 14.0. The lowest BCUT2D eigenvalue weighted by molar-refractivity contribution is -0.244. The Balaban J connectivity index is 1.49. The molecule has 2 aliphatic rings. The molecule has 4 rings (SSSR count). The minimum Gasteiger partial charge on any atom is -0.462 e. The number of carbonyl (C=O) groups excluding carboxylic acids is 3. The normalized spacial score (nSPS) is 18.3. The first kappa shape index (κ1) is 19.4. The van der Waals surface area contributed by atoms with Gasteiger partial charge in [-0.3, -0.25) is 0 Å². The Hall–Kier alpha value is -2.94. The van der Waals surface area contributed by atoms with Crippen molar-refractivity contribution in [3.8, 4) is 0 Å². The number of aromatic nitrogens is 1. The van der Waals surface area contributed by atoms with Crippen LogP contribution in [-0.4, -0.2) is 35.3 Å². The number of ether oxygens (including phenoxy) is 3. The Morgan fingerprint density at radius 1 is 1.24 bits per heavy atom. The number of anilines is 1. The van der Waals surface area contributed by atoms with Crippen LogP contribution in [0.15, 0.2) is 30.0 Å². The molecule has 1 saturated carbocycles. The second kappa shape index (κ2) is 7.82. The molecule has 0 radical (unpaired) electrons. The number of hydrogen-bond donors (Lipinski definition) is 1. The van der Waals surface area contributed by atoms with E-state index < -0.39 is 23.7 Å². The standard InChI is InChI=1S/C20H20N2O6S/c1-2-26-16(23)12-6-7-14-15(10-12)29-19(22-14)21-11-13-17(24)27-20(28-18(13)25)8-4-3-5-9-20/h6-7,10-11H,2-5,8-9H2,1H3,(H,21,22). The molecule has 1 N–H and O–H groups in total. The van der Waals surface area contributed by atoms with Gasteiger partial charge in [0.2, 0.25) is 0 Å². The fraction of sp³-hybridized carbons (Fsp3) is 0.400. The lowest BCUT2D eigenvalue weighted by Crippen LogP contribution is -2.47. The lowest BCUT2D eigenvalue weighted by atomic mass is 9.93. The molecule has 29 heavy (non-hydrogen) atoms. The predicted octanol–water partition coefficient (Wildman–Crippen LogP) is 3.53. The van der Waals surface area contributed by atoms with Crippen LogP contribution in [0.4, 0.5) is 5.13 Å². The van der Waals surface area contributed by atoms with Gasteiger partial charge < -0.3 is 19.5 Å². The quantitative estimate of drug-likeness (QED) is 0.459. The second-order valence-electron chi connectivity index (χ2n) is 6.87. The van der Waals surface area contributed by atoms with Crippen LogP contribution in [0.25, 0.3) is 10.2 Å². The van der Waals surface area contributed by atoms with Gasteiger partial charge in [0.1, 0.15) is 0 Å². The summed E-state index contributed by atoms with van der Waals surface area (Å²) < 4.78 is 16.7. The Morgan fingerprint density at radius 3 is 2.66 bits per heavy atom. The zero-order valence-electron chi connectivity index (χ0n) is 15.9. The minimum absolute atomic E-state index is 0.201. The van der Waals surface area contributed by atoms with Crippen LogP contribution >= 0.6 is 11.3 Å². The molecule has 0 unspecified atom stereocenters. The van der Waals surface area contributed by atoms with Crippen molar-refractivity contribution in [2.45, 2.75) is 44.8 Å². The topological polar surface area (TPSA) is 104 Å². The summed E-state index contributed by atoms with van der Waals surface area (Å²) in [6.07, 6.45) is 5.08. The van der Waals surface area contributed by atoms with Crippen LogP contribution in [0.5, 0.6) is 0 Å². The van der Waals surface area contributed by atoms with E-state index in [1.807, 2.05) is 0 Å². The summed E-state index contributed by atoms with van der Waals surface area (Å²) in [7, 11) is 0. The van der Waals surface area contributed by atoms with Crippen LogP contribution in [0.1, 0.15) is 49.4 Å². The highest BCUT2D eigenvalue weighted by molar-refractivity contribution is 7.22. The van der Waals surface area contributed by atoms with Crippen molar-refractivity contribution in [3.05, 3.63) is 35.5 Å². The van der Waals surface area contributed by atoms with Crippen LogP contribution in [0.2, 0.25) is 0 Å². The molecule has 2 aromatic rings. The fourth-order valence-corrected chi connectivity index (χ4v) is 4.30. The molecule has 2 fully saturated rings. The fourth-order valence-electron chi connectivity index (χ4n) is 3.43. The maximum absolute atomic E-state index is 12.4. The van der Waals surface area contributed by atoms with Gasteiger partial charge in [0.25, 0.3) is 5.79 Å². The smallest absolute Gasteiger partial charge is 0.350 e. The van der Waals surface area contributed by atoms with Crippen molar-refractivity contribution in [1.82, 2.24) is 4.98 Å². The van der Waals surface area contributed by atoms with Gasteiger partial charge in [-0.1, -0.05) is 17.8 Å². The van der Waals surface area contributed by atoms with Crippen molar-refractivity contribution in [1.29, 1.82) is 0 Å². The van der Waals surface area contributed by atoms with Gasteiger partial charge in [-0.15, -0.1) is 0 Å². The number of carbonyl (C=O) groups is 3. The van der Waals surface area contributed by atoms with Crippen molar-refractivity contribution >= 4 is 44.6 Å². The molecule has 9 heteroatoms. The maximum Gasteiger partial charge on any atom is 0.350 e. The third kappa shape index (κ3) is 3.95. The highest BCUT2D eigenvalue weighted by atomic mass is 32.1. The van der Waals surface area contributed by atoms with E-state index in [4.69, 9.17) is 14.2 Å². The van der Waals surface area contributed by atoms with Gasteiger partial charge in [-0.05, 0) is 38.0 Å². The minimum atomic E-state index is -1.11. The molecule has 1 aromatic heterocycles. The zero-order chi connectivity index (χ0) is 20.4. The van der Waals surface area contributed by atoms with E-state index in [0.29, 0.717) is 35.7 Å². The molecular weight excluding hydrogens is 396 g/mol. The first-order valence-corrected chi connectivity index (χ1v) is 10.3. The summed E-state index contributed by atoms with van der Waals surface area (Å²) in [5, 5.41) is 3.32. The molecule has 8 nitrogen and oxygen atoms in total. The number of benzene rings is 1. The highest BCUT2D eigenvalue weighted by Gasteiger charge is 2.46. The second-order valence-corrected chi connectivity index (χ2v) is 7.91. The summed E-state index contributed by atoms with van der Waals surface area (Å²) in [4.78, 5) is 41.0. The van der Waals surface area contributed by atoms with Gasteiger partial charge in [0.15, 0.2) is 10.7 Å². The number of nitrogens with zero attached hydrogens (tertiary/aromatic N) is 1. The number of fused-ring (bicyclic) bond motifs is 1. The third-order valence-corrected chi connectivity index (χ3v) is 5.80. The molecule has 1 aliphatic heterocycles. The molecule has 0 amide bonds. The predicted molar refractivity (Wildman–Crippen MR) is 105 cm³/mol. The summed E-state index contributed by atoms with van der Waals surface area (Å²) in [6.45, 7) is 2.05. The van der Waals surface area contributed by atoms with Gasteiger partial charge in [0.05, 0.1) is 22.4 Å². The zero-order valence-corrected chi connectivity index (χ0v) is 16.7. The van der Waals surface area contributed by atoms with E-state index in [2.05, 4.69) is 10.3 Å². The Bertz CT molecular complexity index is 984. The van der Waals surface area contributed by atoms with Crippen LogP contribution < -0.4 is 5.32 Å².